The quantitative estimate of drug-likeness (QED) is 0.119. The Kier molecular flexibility index (Phi) is 7.68. The minimum absolute atomic E-state index is 1.24. The average molecular weight is 711 g/mol. The second-order valence-electron chi connectivity index (χ2n) is 13.6. The molecule has 2 aromatic heterocycles. The van der Waals surface area contributed by atoms with Crippen LogP contribution in [-0.2, 0) is 0 Å². The molecule has 250 valence electrons. The van der Waals surface area contributed by atoms with Crippen LogP contribution >= 0.6 is 22.7 Å². The Morgan fingerprint density at radius 1 is 0.491 bits per heavy atom. The molecule has 0 atom stereocenters. The predicted octanol–water partition coefficient (Wildman–Crippen LogP) is 15.8. The summed E-state index contributed by atoms with van der Waals surface area (Å²) in [6, 6.07) is 53.8. The lowest BCUT2D eigenvalue weighted by Gasteiger charge is -2.19. The lowest BCUT2D eigenvalue weighted by molar-refractivity contribution is 1.47. The number of allylic oxidation sites excluding steroid dienone is 2. The van der Waals surface area contributed by atoms with E-state index in [0.29, 0.717) is 0 Å². The van der Waals surface area contributed by atoms with Crippen molar-refractivity contribution >= 4 is 81.2 Å². The molecule has 2 heteroatoms. The summed E-state index contributed by atoms with van der Waals surface area (Å²) in [6.45, 7) is 6.29. The van der Waals surface area contributed by atoms with Gasteiger partial charge in [-0.2, -0.15) is 11.3 Å². The van der Waals surface area contributed by atoms with Gasteiger partial charge in [0.1, 0.15) is 0 Å². The lowest BCUT2D eigenvalue weighted by atomic mass is 9.84. The van der Waals surface area contributed by atoms with Gasteiger partial charge in [-0.3, -0.25) is 0 Å². The van der Waals surface area contributed by atoms with Crippen molar-refractivity contribution in [2.45, 2.75) is 6.92 Å². The largest absolute Gasteiger partial charge is 0.152 e. The number of hydrogen-bond acceptors (Lipinski definition) is 2. The van der Waals surface area contributed by atoms with E-state index in [-0.39, 0.29) is 0 Å². The zero-order valence-electron chi connectivity index (χ0n) is 29.3. The van der Waals surface area contributed by atoms with E-state index >= 15 is 0 Å². The van der Waals surface area contributed by atoms with Crippen LogP contribution in [0.4, 0.5) is 0 Å². The molecule has 2 heterocycles. The van der Waals surface area contributed by atoms with Crippen LogP contribution in [-0.4, -0.2) is 0 Å². The minimum Gasteiger partial charge on any atom is -0.152 e. The Balaban J connectivity index is 1.24. The Hall–Kier alpha value is -6.06. The van der Waals surface area contributed by atoms with Crippen molar-refractivity contribution in [1.29, 1.82) is 0 Å². The fourth-order valence-corrected chi connectivity index (χ4v) is 10.4. The molecule has 10 aromatic rings. The molecule has 53 heavy (non-hydrogen) atoms. The highest BCUT2D eigenvalue weighted by Crippen LogP contribution is 2.49. The van der Waals surface area contributed by atoms with Gasteiger partial charge in [-0.25, -0.2) is 0 Å². The monoisotopic (exact) mass is 710 g/mol. The highest BCUT2D eigenvalue weighted by Gasteiger charge is 2.22. The minimum atomic E-state index is 1.24. The third kappa shape index (κ3) is 5.02. The van der Waals surface area contributed by atoms with E-state index in [9.17, 15) is 0 Å². The molecular weight excluding hydrogens is 677 g/mol. The molecular formula is C51H34S2. The number of rotatable bonds is 6. The molecule has 0 saturated heterocycles. The van der Waals surface area contributed by atoms with E-state index in [4.69, 9.17) is 0 Å². The second kappa shape index (κ2) is 12.9. The summed E-state index contributed by atoms with van der Waals surface area (Å²) in [6.07, 6.45) is 6.18. The fourth-order valence-electron chi connectivity index (χ4n) is 8.53. The lowest BCUT2D eigenvalue weighted by Crippen LogP contribution is -1.95. The van der Waals surface area contributed by atoms with Gasteiger partial charge in [-0.15, -0.1) is 11.3 Å². The first-order chi connectivity index (χ1) is 26.2. The second-order valence-corrected chi connectivity index (χ2v) is 15.5. The SMILES string of the molecule is C=C/C=C\c1c(C)c(-c2cccc3c2sc2ccc(-c4c5ccccc5c(-c5ccccc5)c5ccccc45)cc23)c2ccccc2c1-c1ccsc1. The van der Waals surface area contributed by atoms with Crippen molar-refractivity contribution in [2.75, 3.05) is 0 Å². The summed E-state index contributed by atoms with van der Waals surface area (Å²) in [5, 5.41) is 14.7. The maximum absolute atomic E-state index is 4.00. The van der Waals surface area contributed by atoms with Gasteiger partial charge < -0.3 is 0 Å². The first-order valence-corrected chi connectivity index (χ1v) is 19.8. The van der Waals surface area contributed by atoms with Gasteiger partial charge in [0.2, 0.25) is 0 Å². The molecule has 0 aliphatic rings. The summed E-state index contributed by atoms with van der Waals surface area (Å²) >= 11 is 3.65. The molecule has 0 spiro atoms. The average Bonchev–Trinajstić information content (AvgIpc) is 3.88. The maximum Gasteiger partial charge on any atom is 0.0434 e. The van der Waals surface area contributed by atoms with Crippen molar-refractivity contribution in [3.05, 3.63) is 186 Å². The van der Waals surface area contributed by atoms with Crippen LogP contribution in [0.1, 0.15) is 11.1 Å². The molecule has 0 nitrogen and oxygen atoms in total. The van der Waals surface area contributed by atoms with Crippen molar-refractivity contribution in [3.8, 4) is 44.5 Å². The molecule has 8 aromatic carbocycles. The first kappa shape index (κ1) is 31.7. The number of hydrogen-bond donors (Lipinski definition) is 0. The van der Waals surface area contributed by atoms with E-state index in [1.54, 1.807) is 11.3 Å². The zero-order chi connectivity index (χ0) is 35.5. The molecule has 0 fully saturated rings. The number of benzene rings is 8. The highest BCUT2D eigenvalue weighted by atomic mass is 32.1. The number of thiophene rings is 2. The fraction of sp³-hybridized carbons (Fsp3) is 0.0196. The van der Waals surface area contributed by atoms with Crippen LogP contribution < -0.4 is 0 Å². The smallest absolute Gasteiger partial charge is 0.0434 e. The topological polar surface area (TPSA) is 0 Å². The summed E-state index contributed by atoms with van der Waals surface area (Å²) in [4.78, 5) is 0. The Morgan fingerprint density at radius 2 is 1.08 bits per heavy atom. The first-order valence-electron chi connectivity index (χ1n) is 18.0. The molecule has 0 amide bonds. The molecule has 0 bridgehead atoms. The van der Waals surface area contributed by atoms with Gasteiger partial charge in [0.05, 0.1) is 0 Å². The van der Waals surface area contributed by atoms with Crippen LogP contribution in [0.15, 0.2) is 175 Å². The van der Waals surface area contributed by atoms with Crippen molar-refractivity contribution in [3.63, 3.8) is 0 Å². The highest BCUT2D eigenvalue weighted by molar-refractivity contribution is 7.26. The van der Waals surface area contributed by atoms with E-state index in [0.717, 1.165) is 0 Å². The van der Waals surface area contributed by atoms with Gasteiger partial charge in [0.15, 0.2) is 0 Å². The van der Waals surface area contributed by atoms with Crippen molar-refractivity contribution < 1.29 is 0 Å². The van der Waals surface area contributed by atoms with E-state index in [2.05, 4.69) is 182 Å². The Labute approximate surface area is 317 Å². The molecule has 0 aliphatic heterocycles. The van der Waals surface area contributed by atoms with Crippen molar-refractivity contribution in [1.82, 2.24) is 0 Å². The Morgan fingerprint density at radius 3 is 1.70 bits per heavy atom. The number of fused-ring (bicyclic) bond motifs is 6. The Bertz CT molecular complexity index is 3010. The van der Waals surface area contributed by atoms with Gasteiger partial charge in [-0.1, -0.05) is 152 Å². The van der Waals surface area contributed by atoms with Crippen LogP contribution in [0, 0.1) is 6.92 Å². The standard InChI is InChI=1S/C51H34S2/c1-3-4-17-36-32(2)47(37-18-8-9-19-38(37)50(36)35-28-29-52-31-35)44-25-14-24-43-45-30-34(26-27-46(45)53-51(43)44)49-41-22-12-10-20-39(41)48(33-15-6-5-7-16-33)40-21-11-13-23-42(40)49/h3-31H,1H2,2H3/b17-4-. The summed E-state index contributed by atoms with van der Waals surface area (Å²) < 4.78 is 2.62. The van der Waals surface area contributed by atoms with Gasteiger partial charge in [0, 0.05) is 25.7 Å². The third-order valence-electron chi connectivity index (χ3n) is 10.8. The van der Waals surface area contributed by atoms with Crippen molar-refractivity contribution in [2.24, 2.45) is 0 Å². The molecule has 0 radical (unpaired) electrons. The van der Waals surface area contributed by atoms with E-state index in [1.165, 1.54) is 108 Å². The van der Waals surface area contributed by atoms with Gasteiger partial charge in [-0.05, 0) is 118 Å². The van der Waals surface area contributed by atoms with Crippen LogP contribution in [0.2, 0.25) is 0 Å². The summed E-state index contributed by atoms with van der Waals surface area (Å²) in [5.74, 6) is 0. The van der Waals surface area contributed by atoms with Crippen LogP contribution in [0.25, 0.3) is 103 Å². The molecule has 0 unspecified atom stereocenters. The molecule has 0 saturated carbocycles. The van der Waals surface area contributed by atoms with Gasteiger partial charge in [0.25, 0.3) is 0 Å². The summed E-state index contributed by atoms with van der Waals surface area (Å²) in [7, 11) is 0. The molecule has 0 N–H and O–H groups in total. The van der Waals surface area contributed by atoms with E-state index in [1.807, 2.05) is 17.4 Å². The van der Waals surface area contributed by atoms with Crippen LogP contribution in [0.3, 0.4) is 0 Å². The van der Waals surface area contributed by atoms with Crippen LogP contribution in [0.5, 0.6) is 0 Å². The molecule has 10 rings (SSSR count). The zero-order valence-corrected chi connectivity index (χ0v) is 30.9. The van der Waals surface area contributed by atoms with Gasteiger partial charge >= 0.3 is 0 Å². The predicted molar refractivity (Wildman–Crippen MR) is 235 cm³/mol. The van der Waals surface area contributed by atoms with E-state index < -0.39 is 0 Å². The third-order valence-corrected chi connectivity index (χ3v) is 12.7. The summed E-state index contributed by atoms with van der Waals surface area (Å²) in [5.41, 5.74) is 12.7. The normalized spacial score (nSPS) is 11.9. The molecule has 0 aliphatic carbocycles. The maximum atomic E-state index is 4.00.